The number of hydrogen-bond donors (Lipinski definition) is 3. The molecular weight excluding hydrogens is 375 g/mol. The average Bonchev–Trinajstić information content (AvgIpc) is 2.84. The van der Waals surface area contributed by atoms with E-state index in [4.69, 9.17) is 4.55 Å². The molecule has 0 unspecified atom stereocenters. The van der Waals surface area contributed by atoms with Crippen LogP contribution >= 0.6 is 0 Å². The Morgan fingerprint density at radius 3 is 2.42 bits per heavy atom. The van der Waals surface area contributed by atoms with Crippen molar-refractivity contribution >= 4 is 69.1 Å². The normalized spacial score (nSPS) is 21.4. The summed E-state index contributed by atoms with van der Waals surface area (Å²) < 4.78 is 31.8. The first-order valence-corrected chi connectivity index (χ1v) is 8.84. The molecule has 3 N–H and O–H groups in total. The predicted molar refractivity (Wildman–Crippen MR) is 94.2 cm³/mol. The molecule has 1 aromatic rings. The van der Waals surface area contributed by atoms with E-state index in [1.54, 1.807) is 24.3 Å². The number of nitrogens with zero attached hydrogens (tertiary/aromatic N) is 2. The number of anilines is 2. The molecule has 2 fully saturated rings. The van der Waals surface area contributed by atoms with Gasteiger partial charge in [0.05, 0.1) is 6.04 Å². The van der Waals surface area contributed by atoms with Gasteiger partial charge in [0.25, 0.3) is 5.91 Å². The summed E-state index contributed by atoms with van der Waals surface area (Å²) in [6.07, 6.45) is 0.259. The first-order valence-electron chi connectivity index (χ1n) is 7.44. The SMILES string of the molecule is CC(=O)Nc1cccc(NC(=O)N2CC[C@@H]3[C@H]2C(=O)N3S(=O)(=O)O)c1.[NaH]. The number of urea groups is 1. The van der Waals surface area contributed by atoms with E-state index in [2.05, 4.69) is 10.6 Å². The van der Waals surface area contributed by atoms with E-state index < -0.39 is 34.3 Å². The summed E-state index contributed by atoms with van der Waals surface area (Å²) in [6.45, 7) is 1.54. The van der Waals surface area contributed by atoms with Crippen molar-refractivity contribution in [2.75, 3.05) is 17.2 Å². The third-order valence-corrected chi connectivity index (χ3v) is 5.03. The zero-order chi connectivity index (χ0) is 18.4. The molecule has 136 valence electrons. The summed E-state index contributed by atoms with van der Waals surface area (Å²) in [5.41, 5.74) is 0.917. The Labute approximate surface area is 172 Å². The number of fused-ring (bicyclic) bond motifs is 1. The molecule has 2 aliphatic rings. The summed E-state index contributed by atoms with van der Waals surface area (Å²) in [6, 6.07) is 4.27. The fourth-order valence-electron chi connectivity index (χ4n) is 3.12. The second-order valence-corrected chi connectivity index (χ2v) is 7.09. The maximum absolute atomic E-state index is 12.4. The van der Waals surface area contributed by atoms with Crippen molar-refractivity contribution in [2.24, 2.45) is 0 Å². The van der Waals surface area contributed by atoms with Crippen LogP contribution in [0.15, 0.2) is 24.3 Å². The first kappa shape index (κ1) is 20.6. The van der Waals surface area contributed by atoms with Gasteiger partial charge in [0.15, 0.2) is 0 Å². The van der Waals surface area contributed by atoms with E-state index >= 15 is 0 Å². The molecule has 2 heterocycles. The molecule has 2 aliphatic heterocycles. The van der Waals surface area contributed by atoms with Crippen LogP contribution in [0.4, 0.5) is 16.2 Å². The van der Waals surface area contributed by atoms with Gasteiger partial charge in [-0.1, -0.05) is 6.07 Å². The number of likely N-dealkylation sites (tertiary alicyclic amines) is 1. The molecule has 12 heteroatoms. The van der Waals surface area contributed by atoms with E-state index in [-0.39, 0.29) is 48.4 Å². The average molecular weight is 392 g/mol. The predicted octanol–water partition coefficient (Wildman–Crippen LogP) is -0.384. The zero-order valence-electron chi connectivity index (χ0n) is 13.2. The van der Waals surface area contributed by atoms with E-state index in [1.165, 1.54) is 11.8 Å². The van der Waals surface area contributed by atoms with Gasteiger partial charge >= 0.3 is 45.9 Å². The van der Waals surface area contributed by atoms with E-state index in [0.29, 0.717) is 15.7 Å². The molecule has 0 aliphatic carbocycles. The number of amides is 4. The van der Waals surface area contributed by atoms with Crippen LogP contribution in [0.3, 0.4) is 0 Å². The topological polar surface area (TPSA) is 136 Å². The number of carbonyl (C=O) groups excluding carboxylic acids is 3. The summed E-state index contributed by atoms with van der Waals surface area (Å²) >= 11 is 0. The molecule has 0 spiro atoms. The van der Waals surface area contributed by atoms with Gasteiger partial charge in [-0.15, -0.1) is 0 Å². The summed E-state index contributed by atoms with van der Waals surface area (Å²) in [5.74, 6) is -1.08. The number of carbonyl (C=O) groups is 3. The number of benzene rings is 1. The maximum atomic E-state index is 12.4. The number of nitrogens with one attached hydrogen (secondary N) is 2. The van der Waals surface area contributed by atoms with Gasteiger partial charge in [0.1, 0.15) is 6.04 Å². The number of hydrogen-bond acceptors (Lipinski definition) is 5. The molecule has 1 aromatic carbocycles. The quantitative estimate of drug-likeness (QED) is 0.364. The van der Waals surface area contributed by atoms with Crippen LogP contribution in [0.2, 0.25) is 0 Å². The molecule has 2 saturated heterocycles. The molecule has 0 aromatic heterocycles. The van der Waals surface area contributed by atoms with Gasteiger partial charge in [-0.3, -0.25) is 14.1 Å². The van der Waals surface area contributed by atoms with Crippen molar-refractivity contribution in [2.45, 2.75) is 25.4 Å². The Balaban J connectivity index is 0.00000243. The molecular formula is C14H17N4NaO6S. The Bertz CT molecular complexity index is 861. The van der Waals surface area contributed by atoms with Gasteiger partial charge in [-0.25, -0.2) is 9.10 Å². The fraction of sp³-hybridized carbons (Fsp3) is 0.357. The Morgan fingerprint density at radius 2 is 1.85 bits per heavy atom. The number of rotatable bonds is 3. The van der Waals surface area contributed by atoms with Gasteiger partial charge in [-0.2, -0.15) is 8.42 Å². The summed E-state index contributed by atoms with van der Waals surface area (Å²) in [4.78, 5) is 36.6. The molecule has 0 saturated carbocycles. The Hall–Kier alpha value is -1.66. The van der Waals surface area contributed by atoms with E-state index in [0.717, 1.165) is 0 Å². The van der Waals surface area contributed by atoms with Crippen LogP contribution in [0.25, 0.3) is 0 Å². The van der Waals surface area contributed by atoms with Crippen molar-refractivity contribution in [3.8, 4) is 0 Å². The van der Waals surface area contributed by atoms with Crippen LogP contribution in [0.5, 0.6) is 0 Å². The van der Waals surface area contributed by atoms with Crippen molar-refractivity contribution in [1.82, 2.24) is 9.21 Å². The van der Waals surface area contributed by atoms with Gasteiger partial charge in [0, 0.05) is 24.8 Å². The molecule has 4 amide bonds. The molecule has 0 bridgehead atoms. The van der Waals surface area contributed by atoms with Crippen LogP contribution in [-0.2, 0) is 19.9 Å². The third-order valence-electron chi connectivity index (χ3n) is 4.08. The van der Waals surface area contributed by atoms with Gasteiger partial charge < -0.3 is 15.5 Å². The summed E-state index contributed by atoms with van der Waals surface area (Å²) in [7, 11) is -4.61. The first-order chi connectivity index (χ1) is 11.7. The minimum absolute atomic E-state index is 0. The van der Waals surface area contributed by atoms with Crippen molar-refractivity contribution in [1.29, 1.82) is 0 Å². The van der Waals surface area contributed by atoms with Crippen molar-refractivity contribution < 1.29 is 27.4 Å². The molecule has 3 rings (SSSR count). The van der Waals surface area contributed by atoms with E-state index in [9.17, 15) is 22.8 Å². The molecule has 0 radical (unpaired) electrons. The standard InChI is InChI=1S/C14H16N4O6S.Na.H/c1-8(19)15-9-3-2-4-10(7-9)16-14(21)17-6-5-11-12(17)13(20)18(11)25(22,23)24;;/h2-4,7,11-12H,5-6H2,1H3,(H,15,19)(H,16,21)(H,22,23,24);;/t11-,12+;;/m1../s1. The van der Waals surface area contributed by atoms with Crippen molar-refractivity contribution in [3.05, 3.63) is 24.3 Å². The third kappa shape index (κ3) is 3.86. The van der Waals surface area contributed by atoms with E-state index in [1.807, 2.05) is 0 Å². The van der Waals surface area contributed by atoms with Crippen LogP contribution in [-0.4, -0.2) is 88.2 Å². The van der Waals surface area contributed by atoms with Gasteiger partial charge in [-0.05, 0) is 24.6 Å². The summed E-state index contributed by atoms with van der Waals surface area (Å²) in [5, 5.41) is 5.19. The zero-order valence-corrected chi connectivity index (χ0v) is 14.0. The Kier molecular flexibility index (Phi) is 5.98. The monoisotopic (exact) mass is 392 g/mol. The van der Waals surface area contributed by atoms with Crippen LogP contribution in [0, 0.1) is 0 Å². The van der Waals surface area contributed by atoms with Gasteiger partial charge in [0.2, 0.25) is 5.91 Å². The second kappa shape index (κ2) is 7.53. The Morgan fingerprint density at radius 1 is 1.23 bits per heavy atom. The van der Waals surface area contributed by atoms with Crippen LogP contribution in [0.1, 0.15) is 13.3 Å². The fourth-order valence-corrected chi connectivity index (χ4v) is 4.02. The molecule has 26 heavy (non-hydrogen) atoms. The minimum atomic E-state index is -4.61. The van der Waals surface area contributed by atoms with Crippen LogP contribution < -0.4 is 10.6 Å². The molecule has 2 atom stereocenters. The number of β-lactam (4-membered cyclic amide) rings is 1. The second-order valence-electron chi connectivity index (χ2n) is 5.80. The molecule has 10 nitrogen and oxygen atoms in total. The van der Waals surface area contributed by atoms with Crippen molar-refractivity contribution in [3.63, 3.8) is 0 Å².